The minimum absolute atomic E-state index is 0.0580. The number of amides is 1. The number of hydrogen-bond acceptors (Lipinski definition) is 3. The summed E-state index contributed by atoms with van der Waals surface area (Å²) in [5.74, 6) is 1.53. The van der Waals surface area contributed by atoms with Crippen LogP contribution in [0.25, 0.3) is 0 Å². The Morgan fingerprint density at radius 2 is 2.11 bits per heavy atom. The quantitative estimate of drug-likeness (QED) is 0.783. The first-order valence-electron chi connectivity index (χ1n) is 7.55. The van der Waals surface area contributed by atoms with Gasteiger partial charge < -0.3 is 15.5 Å². The number of nitrogens with one attached hydrogen (secondary N) is 2. The van der Waals surface area contributed by atoms with E-state index in [0.717, 1.165) is 25.6 Å². The maximum absolute atomic E-state index is 12.3. The Balaban J connectivity index is 1.81. The van der Waals surface area contributed by atoms with Crippen LogP contribution in [0.2, 0.25) is 0 Å². The first-order valence-corrected chi connectivity index (χ1v) is 7.55. The van der Waals surface area contributed by atoms with E-state index in [9.17, 15) is 4.79 Å². The van der Waals surface area contributed by atoms with Gasteiger partial charge in [0.1, 0.15) is 0 Å². The largest absolute Gasteiger partial charge is 0.354 e. The van der Waals surface area contributed by atoms with Crippen LogP contribution >= 0.6 is 0 Å². The van der Waals surface area contributed by atoms with Gasteiger partial charge in [0.25, 0.3) is 0 Å². The zero-order valence-electron chi connectivity index (χ0n) is 12.8. The van der Waals surface area contributed by atoms with Crippen LogP contribution in [0.15, 0.2) is 0 Å². The molecule has 0 aromatic rings. The van der Waals surface area contributed by atoms with Gasteiger partial charge in [-0.2, -0.15) is 0 Å². The summed E-state index contributed by atoms with van der Waals surface area (Å²) in [4.78, 5) is 14.5. The summed E-state index contributed by atoms with van der Waals surface area (Å²) in [5.41, 5.74) is 0.118. The number of hydrogen-bond donors (Lipinski definition) is 2. The summed E-state index contributed by atoms with van der Waals surface area (Å²) in [6.45, 7) is 7.17. The van der Waals surface area contributed by atoms with Crippen molar-refractivity contribution >= 4 is 5.91 Å². The van der Waals surface area contributed by atoms with Crippen LogP contribution in [-0.4, -0.2) is 50.6 Å². The van der Waals surface area contributed by atoms with Crippen LogP contribution < -0.4 is 10.6 Å². The van der Waals surface area contributed by atoms with E-state index in [1.54, 1.807) is 0 Å². The van der Waals surface area contributed by atoms with Crippen LogP contribution in [0.4, 0.5) is 0 Å². The van der Waals surface area contributed by atoms with Crippen LogP contribution in [0.1, 0.15) is 33.1 Å². The van der Waals surface area contributed by atoms with Gasteiger partial charge in [0.05, 0.1) is 6.04 Å². The Bertz CT molecular complexity index is 327. The number of fused-ring (bicyclic) bond motifs is 1. The highest BCUT2D eigenvalue weighted by Gasteiger charge is 2.42. The smallest absolute Gasteiger partial charge is 0.237 e. The Labute approximate surface area is 117 Å². The molecule has 0 radical (unpaired) electrons. The molecule has 1 heterocycles. The van der Waals surface area contributed by atoms with Crippen molar-refractivity contribution < 1.29 is 4.79 Å². The second-order valence-corrected chi connectivity index (χ2v) is 7.36. The first-order chi connectivity index (χ1) is 8.89. The average molecular weight is 267 g/mol. The highest BCUT2D eigenvalue weighted by Crippen LogP contribution is 2.37. The minimum Gasteiger partial charge on any atom is -0.354 e. The molecule has 0 spiro atoms. The van der Waals surface area contributed by atoms with Gasteiger partial charge in [0.15, 0.2) is 0 Å². The second kappa shape index (κ2) is 5.80. The lowest BCUT2D eigenvalue weighted by Crippen LogP contribution is -2.48. The molecule has 2 N–H and O–H groups in total. The lowest BCUT2D eigenvalue weighted by molar-refractivity contribution is -0.124. The molecule has 2 rings (SSSR count). The SMILES string of the molecule is CN(C)CC(C)(C)CNC(=O)C1NCC2CCCC21. The molecule has 1 saturated carbocycles. The zero-order valence-corrected chi connectivity index (χ0v) is 12.8. The normalized spacial score (nSPS) is 30.7. The van der Waals surface area contributed by atoms with Gasteiger partial charge in [-0.3, -0.25) is 4.79 Å². The Morgan fingerprint density at radius 3 is 2.79 bits per heavy atom. The van der Waals surface area contributed by atoms with Crippen molar-refractivity contribution in [1.29, 1.82) is 0 Å². The predicted molar refractivity (Wildman–Crippen MR) is 78.0 cm³/mol. The summed E-state index contributed by atoms with van der Waals surface area (Å²) < 4.78 is 0. The van der Waals surface area contributed by atoms with E-state index >= 15 is 0 Å². The van der Waals surface area contributed by atoms with E-state index < -0.39 is 0 Å². The van der Waals surface area contributed by atoms with Crippen LogP contribution in [0.3, 0.4) is 0 Å². The molecule has 0 aromatic carbocycles. The summed E-state index contributed by atoms with van der Waals surface area (Å²) in [6, 6.07) is 0.0580. The summed E-state index contributed by atoms with van der Waals surface area (Å²) in [6.07, 6.45) is 3.82. The van der Waals surface area contributed by atoms with Gasteiger partial charge in [-0.1, -0.05) is 20.3 Å². The molecule has 1 aliphatic heterocycles. The third kappa shape index (κ3) is 3.69. The standard InChI is InChI=1S/C15H29N3O/c1-15(2,10-18(3)4)9-17-14(19)13-12-7-5-6-11(12)8-16-13/h11-13,16H,5-10H2,1-4H3,(H,17,19). The molecule has 19 heavy (non-hydrogen) atoms. The zero-order chi connectivity index (χ0) is 14.0. The van der Waals surface area contributed by atoms with Gasteiger partial charge in [-0.15, -0.1) is 0 Å². The third-order valence-corrected chi connectivity index (χ3v) is 4.51. The molecule has 2 fully saturated rings. The van der Waals surface area contributed by atoms with Gasteiger partial charge in [0, 0.05) is 13.1 Å². The average Bonchev–Trinajstić information content (AvgIpc) is 2.85. The fraction of sp³-hybridized carbons (Fsp3) is 0.933. The van der Waals surface area contributed by atoms with Crippen molar-refractivity contribution in [2.24, 2.45) is 17.3 Å². The minimum atomic E-state index is 0.0580. The number of carbonyl (C=O) groups is 1. The van der Waals surface area contributed by atoms with Gasteiger partial charge >= 0.3 is 0 Å². The third-order valence-electron chi connectivity index (χ3n) is 4.51. The van der Waals surface area contributed by atoms with Crippen molar-refractivity contribution in [3.05, 3.63) is 0 Å². The Hall–Kier alpha value is -0.610. The van der Waals surface area contributed by atoms with Crippen LogP contribution in [0, 0.1) is 17.3 Å². The topological polar surface area (TPSA) is 44.4 Å². The number of nitrogens with zero attached hydrogens (tertiary/aromatic N) is 1. The van der Waals surface area contributed by atoms with E-state index in [2.05, 4.69) is 43.5 Å². The molecule has 0 bridgehead atoms. The molecule has 3 atom stereocenters. The molecule has 4 nitrogen and oxygen atoms in total. The molecule has 1 amide bonds. The van der Waals surface area contributed by atoms with Crippen molar-refractivity contribution in [1.82, 2.24) is 15.5 Å². The van der Waals surface area contributed by atoms with Crippen molar-refractivity contribution in [2.75, 3.05) is 33.7 Å². The monoisotopic (exact) mass is 267 g/mol. The summed E-state index contributed by atoms with van der Waals surface area (Å²) in [7, 11) is 4.15. The molecule has 4 heteroatoms. The van der Waals surface area contributed by atoms with E-state index in [1.807, 2.05) is 0 Å². The molecule has 0 aromatic heterocycles. The molecular weight excluding hydrogens is 238 g/mol. The highest BCUT2D eigenvalue weighted by atomic mass is 16.2. The van der Waals surface area contributed by atoms with Crippen molar-refractivity contribution in [2.45, 2.75) is 39.2 Å². The molecule has 1 saturated heterocycles. The first kappa shape index (κ1) is 14.8. The second-order valence-electron chi connectivity index (χ2n) is 7.36. The van der Waals surface area contributed by atoms with E-state index in [1.165, 1.54) is 19.3 Å². The predicted octanol–water partition coefficient (Wildman–Crippen LogP) is 1.08. The van der Waals surface area contributed by atoms with E-state index in [0.29, 0.717) is 5.92 Å². The van der Waals surface area contributed by atoms with Gasteiger partial charge in [-0.25, -0.2) is 0 Å². The Morgan fingerprint density at radius 1 is 1.37 bits per heavy atom. The molecule has 110 valence electrons. The highest BCUT2D eigenvalue weighted by molar-refractivity contribution is 5.82. The van der Waals surface area contributed by atoms with Crippen LogP contribution in [0.5, 0.6) is 0 Å². The van der Waals surface area contributed by atoms with E-state index in [4.69, 9.17) is 0 Å². The molecule has 2 aliphatic rings. The molecular formula is C15H29N3O. The van der Waals surface area contributed by atoms with Gasteiger partial charge in [-0.05, 0) is 50.7 Å². The molecule has 1 aliphatic carbocycles. The maximum atomic E-state index is 12.3. The fourth-order valence-corrected chi connectivity index (χ4v) is 3.82. The summed E-state index contributed by atoms with van der Waals surface area (Å²) in [5, 5.41) is 6.57. The van der Waals surface area contributed by atoms with Crippen molar-refractivity contribution in [3.8, 4) is 0 Å². The molecule has 3 unspecified atom stereocenters. The Kier molecular flexibility index (Phi) is 4.51. The number of carbonyl (C=O) groups excluding carboxylic acids is 1. The van der Waals surface area contributed by atoms with E-state index in [-0.39, 0.29) is 17.4 Å². The maximum Gasteiger partial charge on any atom is 0.237 e. The van der Waals surface area contributed by atoms with Crippen molar-refractivity contribution in [3.63, 3.8) is 0 Å². The van der Waals surface area contributed by atoms with Gasteiger partial charge in [0.2, 0.25) is 5.91 Å². The fourth-order valence-electron chi connectivity index (χ4n) is 3.82. The number of rotatable bonds is 5. The van der Waals surface area contributed by atoms with Crippen LogP contribution in [-0.2, 0) is 4.79 Å². The lowest BCUT2D eigenvalue weighted by Gasteiger charge is -2.29. The lowest BCUT2D eigenvalue weighted by atomic mass is 9.91. The summed E-state index contributed by atoms with van der Waals surface area (Å²) >= 11 is 0.